The van der Waals surface area contributed by atoms with Crippen molar-refractivity contribution in [1.29, 1.82) is 0 Å². The van der Waals surface area contributed by atoms with Crippen LogP contribution < -0.4 is 4.74 Å². The molecule has 0 atom stereocenters. The molecule has 0 saturated heterocycles. The van der Waals surface area contributed by atoms with Gasteiger partial charge in [-0.05, 0) is 45.6 Å². The van der Waals surface area contributed by atoms with E-state index in [4.69, 9.17) is 16.3 Å². The monoisotopic (exact) mass is 325 g/mol. The fourth-order valence-corrected chi connectivity index (χ4v) is 2.25. The zero-order chi connectivity index (χ0) is 13.1. The molecule has 0 aliphatic heterocycles. The van der Waals surface area contributed by atoms with Gasteiger partial charge in [-0.3, -0.25) is 0 Å². The first-order valence-electron chi connectivity index (χ1n) is 5.65. The molecular weight excluding hydrogens is 314 g/mol. The van der Waals surface area contributed by atoms with Crippen molar-refractivity contribution in [2.45, 2.75) is 19.8 Å². The van der Waals surface area contributed by atoms with Gasteiger partial charge in [-0.1, -0.05) is 37.6 Å². The summed E-state index contributed by atoms with van der Waals surface area (Å²) < 4.78 is 6.48. The van der Waals surface area contributed by atoms with Crippen LogP contribution in [0.15, 0.2) is 41.0 Å². The summed E-state index contributed by atoms with van der Waals surface area (Å²) in [7, 11) is 0. The molecule has 1 heterocycles. The van der Waals surface area contributed by atoms with Gasteiger partial charge >= 0.3 is 0 Å². The number of pyridine rings is 1. The maximum absolute atomic E-state index is 5.84. The molecule has 1 aromatic carbocycles. The molecule has 94 valence electrons. The van der Waals surface area contributed by atoms with Crippen LogP contribution in [0.2, 0.25) is 5.02 Å². The van der Waals surface area contributed by atoms with Crippen LogP contribution in [0.25, 0.3) is 0 Å². The van der Waals surface area contributed by atoms with Gasteiger partial charge in [0.25, 0.3) is 0 Å². The minimum Gasteiger partial charge on any atom is -0.438 e. The topological polar surface area (TPSA) is 22.1 Å². The summed E-state index contributed by atoms with van der Waals surface area (Å²) in [6.07, 6.45) is 1.56. The van der Waals surface area contributed by atoms with Gasteiger partial charge in [0.1, 0.15) is 5.75 Å². The number of hydrogen-bond donors (Lipinski definition) is 0. The Labute approximate surface area is 120 Å². The van der Waals surface area contributed by atoms with E-state index in [1.54, 1.807) is 12.3 Å². The van der Waals surface area contributed by atoms with Gasteiger partial charge in [0.05, 0.1) is 9.50 Å². The van der Waals surface area contributed by atoms with E-state index in [1.165, 1.54) is 5.56 Å². The average Bonchev–Trinajstić information content (AvgIpc) is 2.33. The van der Waals surface area contributed by atoms with Crippen LogP contribution in [0.1, 0.15) is 25.3 Å². The van der Waals surface area contributed by atoms with Crippen molar-refractivity contribution >= 4 is 27.5 Å². The Morgan fingerprint density at radius 2 is 2.06 bits per heavy atom. The van der Waals surface area contributed by atoms with Crippen LogP contribution >= 0.6 is 27.5 Å². The molecule has 0 N–H and O–H groups in total. The quantitative estimate of drug-likeness (QED) is 0.752. The summed E-state index contributed by atoms with van der Waals surface area (Å²) in [5.41, 5.74) is 1.23. The molecule has 18 heavy (non-hydrogen) atoms. The smallest absolute Gasteiger partial charge is 0.233 e. The lowest BCUT2D eigenvalue weighted by Gasteiger charge is -2.10. The predicted molar refractivity (Wildman–Crippen MR) is 77.6 cm³/mol. The number of rotatable bonds is 3. The van der Waals surface area contributed by atoms with Crippen LogP contribution in [0.3, 0.4) is 0 Å². The summed E-state index contributed by atoms with van der Waals surface area (Å²) in [6, 6.07) is 9.76. The molecule has 0 spiro atoms. The number of hydrogen-bond acceptors (Lipinski definition) is 2. The van der Waals surface area contributed by atoms with Crippen LogP contribution in [0.5, 0.6) is 11.6 Å². The van der Waals surface area contributed by atoms with Crippen molar-refractivity contribution in [2.24, 2.45) is 0 Å². The Kier molecular flexibility index (Phi) is 4.25. The minimum atomic E-state index is 0.468. The summed E-state index contributed by atoms with van der Waals surface area (Å²) in [5, 5.41) is 0.574. The molecule has 2 nitrogen and oxygen atoms in total. The summed E-state index contributed by atoms with van der Waals surface area (Å²) in [4.78, 5) is 4.15. The summed E-state index contributed by atoms with van der Waals surface area (Å²) >= 11 is 9.22. The van der Waals surface area contributed by atoms with Crippen LogP contribution in [-0.2, 0) is 0 Å². The highest BCUT2D eigenvalue weighted by Gasteiger charge is 2.06. The van der Waals surface area contributed by atoms with Crippen molar-refractivity contribution in [2.75, 3.05) is 0 Å². The zero-order valence-corrected chi connectivity index (χ0v) is 12.5. The highest BCUT2D eigenvalue weighted by atomic mass is 79.9. The Balaban J connectivity index is 2.25. The fraction of sp³-hybridized carbons (Fsp3) is 0.214. The number of aromatic nitrogens is 1. The van der Waals surface area contributed by atoms with E-state index < -0.39 is 0 Å². The molecule has 0 aliphatic rings. The second-order valence-electron chi connectivity index (χ2n) is 4.27. The zero-order valence-electron chi connectivity index (χ0n) is 10.2. The lowest BCUT2D eigenvalue weighted by atomic mass is 10.0. The molecule has 0 saturated carbocycles. The van der Waals surface area contributed by atoms with Crippen LogP contribution in [-0.4, -0.2) is 4.98 Å². The number of benzene rings is 1. The van der Waals surface area contributed by atoms with E-state index in [-0.39, 0.29) is 0 Å². The van der Waals surface area contributed by atoms with E-state index in [2.05, 4.69) is 40.8 Å². The first-order valence-corrected chi connectivity index (χ1v) is 6.82. The molecule has 0 radical (unpaired) electrons. The molecule has 2 aromatic rings. The van der Waals surface area contributed by atoms with E-state index in [0.717, 1.165) is 10.2 Å². The summed E-state index contributed by atoms with van der Waals surface area (Å²) in [5.74, 6) is 1.76. The number of halogens is 2. The van der Waals surface area contributed by atoms with Crippen molar-refractivity contribution in [3.63, 3.8) is 0 Å². The number of ether oxygens (including phenoxy) is 1. The average molecular weight is 327 g/mol. The van der Waals surface area contributed by atoms with E-state index in [0.29, 0.717) is 16.8 Å². The van der Waals surface area contributed by atoms with Crippen LogP contribution in [0, 0.1) is 0 Å². The normalized spacial score (nSPS) is 10.7. The molecule has 0 bridgehead atoms. The van der Waals surface area contributed by atoms with E-state index in [9.17, 15) is 0 Å². The van der Waals surface area contributed by atoms with Gasteiger partial charge in [0.2, 0.25) is 5.88 Å². The Hall–Kier alpha value is -1.06. The van der Waals surface area contributed by atoms with Crippen molar-refractivity contribution in [3.05, 3.63) is 51.6 Å². The minimum absolute atomic E-state index is 0.468. The van der Waals surface area contributed by atoms with Gasteiger partial charge in [-0.15, -0.1) is 0 Å². The second-order valence-corrected chi connectivity index (χ2v) is 5.56. The van der Waals surface area contributed by atoms with Crippen molar-refractivity contribution in [1.82, 2.24) is 4.98 Å². The highest BCUT2D eigenvalue weighted by Crippen LogP contribution is 2.30. The lowest BCUT2D eigenvalue weighted by Crippen LogP contribution is -1.92. The third kappa shape index (κ3) is 3.24. The van der Waals surface area contributed by atoms with Gasteiger partial charge in [-0.25, -0.2) is 4.98 Å². The lowest BCUT2D eigenvalue weighted by molar-refractivity contribution is 0.459. The fourth-order valence-electron chi connectivity index (χ4n) is 1.53. The van der Waals surface area contributed by atoms with Crippen molar-refractivity contribution < 1.29 is 4.74 Å². The maximum atomic E-state index is 5.84. The Morgan fingerprint density at radius 3 is 2.72 bits per heavy atom. The molecule has 0 unspecified atom stereocenters. The Morgan fingerprint density at radius 1 is 1.28 bits per heavy atom. The summed E-state index contributed by atoms with van der Waals surface area (Å²) in [6.45, 7) is 4.30. The molecule has 2 rings (SSSR count). The second kappa shape index (κ2) is 5.72. The van der Waals surface area contributed by atoms with Crippen LogP contribution in [0.4, 0.5) is 0 Å². The SMILES string of the molecule is CC(C)c1cccc(Oc2ncc(Cl)cc2Br)c1. The first kappa shape index (κ1) is 13.4. The highest BCUT2D eigenvalue weighted by molar-refractivity contribution is 9.10. The van der Waals surface area contributed by atoms with Gasteiger partial charge in [0.15, 0.2) is 0 Å². The molecule has 4 heteroatoms. The van der Waals surface area contributed by atoms with E-state index >= 15 is 0 Å². The van der Waals surface area contributed by atoms with E-state index in [1.807, 2.05) is 18.2 Å². The van der Waals surface area contributed by atoms with Crippen molar-refractivity contribution in [3.8, 4) is 11.6 Å². The first-order chi connectivity index (χ1) is 8.56. The van der Waals surface area contributed by atoms with Gasteiger partial charge in [0, 0.05) is 6.20 Å². The molecular formula is C14H13BrClNO. The predicted octanol–water partition coefficient (Wildman–Crippen LogP) is 5.41. The largest absolute Gasteiger partial charge is 0.438 e. The third-order valence-electron chi connectivity index (χ3n) is 2.51. The standard InChI is InChI=1S/C14H13BrClNO/c1-9(2)10-4-3-5-12(6-10)18-14-13(15)7-11(16)8-17-14/h3-9H,1-2H3. The maximum Gasteiger partial charge on any atom is 0.233 e. The number of nitrogens with zero attached hydrogens (tertiary/aromatic N) is 1. The molecule has 0 aliphatic carbocycles. The molecule has 0 fully saturated rings. The third-order valence-corrected chi connectivity index (χ3v) is 3.29. The molecule has 0 amide bonds. The van der Waals surface area contributed by atoms with Gasteiger partial charge < -0.3 is 4.74 Å². The Bertz CT molecular complexity index is 557. The molecule has 1 aromatic heterocycles. The van der Waals surface area contributed by atoms with Gasteiger partial charge in [-0.2, -0.15) is 0 Å².